The van der Waals surface area contributed by atoms with Crippen molar-refractivity contribution in [1.29, 1.82) is 0 Å². The van der Waals surface area contributed by atoms with Crippen molar-refractivity contribution in [1.82, 2.24) is 14.8 Å². The number of hydrogen-bond donors (Lipinski definition) is 1. The topological polar surface area (TPSA) is 56.7 Å². The van der Waals surface area contributed by atoms with Gasteiger partial charge >= 0.3 is 0 Å². The number of rotatable bonds is 2. The van der Waals surface area contributed by atoms with Gasteiger partial charge in [0.25, 0.3) is 0 Å². The zero-order valence-electron chi connectivity index (χ0n) is 9.18. The van der Waals surface area contributed by atoms with E-state index in [4.69, 9.17) is 17.3 Å². The standard InChI is InChI=1S/C11H13ClN4/c1-7-10(12)11(13)16(15-7)8(2)9-3-5-14-6-4-9/h3-6,8H,13H2,1-2H3. The minimum atomic E-state index is 0.0502. The van der Waals surface area contributed by atoms with Crippen LogP contribution in [0.2, 0.25) is 5.02 Å². The number of hydrogen-bond acceptors (Lipinski definition) is 3. The minimum Gasteiger partial charge on any atom is -0.383 e. The van der Waals surface area contributed by atoms with E-state index in [2.05, 4.69) is 10.1 Å². The molecule has 0 aliphatic heterocycles. The smallest absolute Gasteiger partial charge is 0.141 e. The van der Waals surface area contributed by atoms with Crippen LogP contribution in [0.1, 0.15) is 24.2 Å². The van der Waals surface area contributed by atoms with Gasteiger partial charge in [-0.1, -0.05) is 11.6 Å². The van der Waals surface area contributed by atoms with Gasteiger partial charge in [0.15, 0.2) is 0 Å². The average molecular weight is 237 g/mol. The van der Waals surface area contributed by atoms with E-state index in [1.54, 1.807) is 17.1 Å². The number of nitrogens with two attached hydrogens (primary N) is 1. The van der Waals surface area contributed by atoms with Gasteiger partial charge in [-0.2, -0.15) is 5.10 Å². The minimum absolute atomic E-state index is 0.0502. The molecule has 1 unspecified atom stereocenters. The summed E-state index contributed by atoms with van der Waals surface area (Å²) in [7, 11) is 0. The molecule has 2 aromatic heterocycles. The summed E-state index contributed by atoms with van der Waals surface area (Å²) in [6.45, 7) is 3.86. The molecule has 2 aromatic rings. The highest BCUT2D eigenvalue weighted by Crippen LogP contribution is 2.27. The highest BCUT2D eigenvalue weighted by atomic mass is 35.5. The molecule has 0 aliphatic rings. The molecule has 1 atom stereocenters. The van der Waals surface area contributed by atoms with E-state index >= 15 is 0 Å². The van der Waals surface area contributed by atoms with Crippen LogP contribution in [0.4, 0.5) is 5.82 Å². The van der Waals surface area contributed by atoms with Gasteiger partial charge in [0.2, 0.25) is 0 Å². The molecule has 0 aromatic carbocycles. The second-order valence-electron chi connectivity index (χ2n) is 3.69. The second-order valence-corrected chi connectivity index (χ2v) is 4.06. The number of nitrogen functional groups attached to an aromatic ring is 1. The lowest BCUT2D eigenvalue weighted by molar-refractivity contribution is 0.568. The van der Waals surface area contributed by atoms with Gasteiger partial charge in [0, 0.05) is 12.4 Å². The molecule has 84 valence electrons. The first kappa shape index (κ1) is 11.0. The van der Waals surface area contributed by atoms with Crippen LogP contribution in [-0.4, -0.2) is 14.8 Å². The first-order valence-corrected chi connectivity index (χ1v) is 5.39. The Kier molecular flexibility index (Phi) is 2.83. The predicted molar refractivity (Wildman–Crippen MR) is 64.4 cm³/mol. The van der Waals surface area contributed by atoms with Gasteiger partial charge in [-0.3, -0.25) is 4.98 Å². The number of halogens is 1. The van der Waals surface area contributed by atoms with Gasteiger partial charge in [-0.15, -0.1) is 0 Å². The zero-order chi connectivity index (χ0) is 11.7. The molecule has 0 spiro atoms. The maximum Gasteiger partial charge on any atom is 0.141 e. The van der Waals surface area contributed by atoms with Crippen LogP contribution in [0.3, 0.4) is 0 Å². The zero-order valence-corrected chi connectivity index (χ0v) is 9.94. The van der Waals surface area contributed by atoms with E-state index in [1.807, 2.05) is 26.0 Å². The fourth-order valence-corrected chi connectivity index (χ4v) is 1.75. The summed E-state index contributed by atoms with van der Waals surface area (Å²) in [6, 6.07) is 3.93. The summed E-state index contributed by atoms with van der Waals surface area (Å²) in [5, 5.41) is 4.85. The normalized spacial score (nSPS) is 12.7. The first-order valence-electron chi connectivity index (χ1n) is 5.01. The molecule has 0 bridgehead atoms. The Labute approximate surface area is 99.1 Å². The van der Waals surface area contributed by atoms with E-state index in [9.17, 15) is 0 Å². The van der Waals surface area contributed by atoms with Crippen molar-refractivity contribution in [2.75, 3.05) is 5.73 Å². The van der Waals surface area contributed by atoms with Gasteiger partial charge < -0.3 is 5.73 Å². The van der Waals surface area contributed by atoms with E-state index in [0.29, 0.717) is 10.8 Å². The van der Waals surface area contributed by atoms with E-state index < -0.39 is 0 Å². The molecule has 16 heavy (non-hydrogen) atoms. The molecule has 2 heterocycles. The predicted octanol–water partition coefficient (Wildman–Crippen LogP) is 2.43. The third kappa shape index (κ3) is 1.76. The molecule has 2 rings (SSSR count). The third-order valence-corrected chi connectivity index (χ3v) is 3.07. The van der Waals surface area contributed by atoms with Crippen LogP contribution in [0.25, 0.3) is 0 Å². The Morgan fingerprint density at radius 1 is 1.38 bits per heavy atom. The Balaban J connectivity index is 2.42. The van der Waals surface area contributed by atoms with Crippen molar-refractivity contribution >= 4 is 17.4 Å². The molecule has 2 N–H and O–H groups in total. The summed E-state index contributed by atoms with van der Waals surface area (Å²) < 4.78 is 1.73. The SMILES string of the molecule is Cc1nn(C(C)c2ccncc2)c(N)c1Cl. The summed E-state index contributed by atoms with van der Waals surface area (Å²) in [5.74, 6) is 0.503. The monoisotopic (exact) mass is 236 g/mol. The highest BCUT2D eigenvalue weighted by molar-refractivity contribution is 6.33. The van der Waals surface area contributed by atoms with Crippen LogP contribution < -0.4 is 5.73 Å². The van der Waals surface area contributed by atoms with E-state index in [1.165, 1.54) is 0 Å². The molecular weight excluding hydrogens is 224 g/mol. The number of aromatic nitrogens is 3. The first-order chi connectivity index (χ1) is 7.61. The van der Waals surface area contributed by atoms with Gasteiger partial charge in [-0.25, -0.2) is 4.68 Å². The van der Waals surface area contributed by atoms with Crippen molar-refractivity contribution in [3.8, 4) is 0 Å². The number of nitrogens with zero attached hydrogens (tertiary/aromatic N) is 3. The summed E-state index contributed by atoms with van der Waals surface area (Å²) >= 11 is 6.01. The van der Waals surface area contributed by atoms with E-state index in [-0.39, 0.29) is 6.04 Å². The lowest BCUT2D eigenvalue weighted by atomic mass is 10.1. The fourth-order valence-electron chi connectivity index (χ4n) is 1.62. The molecule has 0 saturated carbocycles. The Bertz CT molecular complexity index is 492. The number of pyridine rings is 1. The summed E-state index contributed by atoms with van der Waals surface area (Å²) in [5.41, 5.74) is 7.74. The van der Waals surface area contributed by atoms with Crippen molar-refractivity contribution in [2.24, 2.45) is 0 Å². The van der Waals surface area contributed by atoms with Crippen LogP contribution in [0.5, 0.6) is 0 Å². The molecular formula is C11H13ClN4. The molecule has 0 fully saturated rings. The maximum atomic E-state index is 6.01. The fraction of sp³-hybridized carbons (Fsp3) is 0.273. The lowest BCUT2D eigenvalue weighted by Crippen LogP contribution is -2.11. The van der Waals surface area contributed by atoms with Crippen LogP contribution in [0, 0.1) is 6.92 Å². The summed E-state index contributed by atoms with van der Waals surface area (Å²) in [4.78, 5) is 3.98. The van der Waals surface area contributed by atoms with Gasteiger partial charge in [0.05, 0.1) is 11.7 Å². The van der Waals surface area contributed by atoms with Crippen LogP contribution in [0.15, 0.2) is 24.5 Å². The number of anilines is 1. The average Bonchev–Trinajstić information content (AvgIpc) is 2.57. The van der Waals surface area contributed by atoms with Crippen molar-refractivity contribution < 1.29 is 0 Å². The maximum absolute atomic E-state index is 6.01. The molecule has 0 aliphatic carbocycles. The quantitative estimate of drug-likeness (QED) is 0.871. The van der Waals surface area contributed by atoms with Crippen molar-refractivity contribution in [3.05, 3.63) is 40.8 Å². The van der Waals surface area contributed by atoms with Gasteiger partial charge in [0.1, 0.15) is 10.8 Å². The van der Waals surface area contributed by atoms with Crippen molar-refractivity contribution in [3.63, 3.8) is 0 Å². The van der Waals surface area contributed by atoms with Crippen LogP contribution in [-0.2, 0) is 0 Å². The van der Waals surface area contributed by atoms with Crippen LogP contribution >= 0.6 is 11.6 Å². The summed E-state index contributed by atoms with van der Waals surface area (Å²) in [6.07, 6.45) is 3.50. The molecule has 5 heteroatoms. The molecule has 4 nitrogen and oxygen atoms in total. The highest BCUT2D eigenvalue weighted by Gasteiger charge is 2.16. The van der Waals surface area contributed by atoms with Gasteiger partial charge in [-0.05, 0) is 31.5 Å². The Hall–Kier alpha value is -1.55. The molecule has 0 radical (unpaired) electrons. The van der Waals surface area contributed by atoms with E-state index in [0.717, 1.165) is 11.3 Å². The van der Waals surface area contributed by atoms with Crippen molar-refractivity contribution in [2.45, 2.75) is 19.9 Å². The largest absolute Gasteiger partial charge is 0.383 e. The Morgan fingerprint density at radius 3 is 2.50 bits per heavy atom. The molecule has 0 amide bonds. The lowest BCUT2D eigenvalue weighted by Gasteiger charge is -2.13. The Morgan fingerprint density at radius 2 is 2.00 bits per heavy atom. The second kappa shape index (κ2) is 4.14. The number of aryl methyl sites for hydroxylation is 1. The third-order valence-electron chi connectivity index (χ3n) is 2.60. The molecule has 0 saturated heterocycles.